The van der Waals surface area contributed by atoms with E-state index in [-0.39, 0.29) is 0 Å². The van der Waals surface area contributed by atoms with Crippen LogP contribution in [0.1, 0.15) is 31.0 Å². The number of likely N-dealkylation sites (N-methyl/N-ethyl adjacent to an activating group) is 1. The molecule has 1 unspecified atom stereocenters. The van der Waals surface area contributed by atoms with E-state index in [1.807, 2.05) is 13.1 Å². The number of pyridine rings is 1. The van der Waals surface area contributed by atoms with Gasteiger partial charge in [-0.3, -0.25) is 4.98 Å². The Morgan fingerprint density at radius 2 is 2.39 bits per heavy atom. The van der Waals surface area contributed by atoms with Gasteiger partial charge in [-0.25, -0.2) is 0 Å². The lowest BCUT2D eigenvalue weighted by atomic mass is 10.1. The summed E-state index contributed by atoms with van der Waals surface area (Å²) in [6.07, 6.45) is 4.59. The van der Waals surface area contributed by atoms with Crippen molar-refractivity contribution >= 4 is 17.3 Å². The average molecular weight is 269 g/mol. The zero-order valence-electron chi connectivity index (χ0n) is 11.2. The summed E-state index contributed by atoms with van der Waals surface area (Å²) in [6, 6.07) is 2.12. The van der Waals surface area contributed by atoms with E-state index in [4.69, 9.17) is 16.3 Å². The van der Waals surface area contributed by atoms with Crippen LogP contribution >= 0.6 is 11.6 Å². The van der Waals surface area contributed by atoms with Crippen molar-refractivity contribution in [2.75, 3.05) is 24.6 Å². The third-order valence-electron chi connectivity index (χ3n) is 3.41. The molecule has 1 saturated heterocycles. The Morgan fingerprint density at radius 1 is 1.56 bits per heavy atom. The molecule has 0 aliphatic carbocycles. The number of alkyl halides is 1. The molecule has 1 aliphatic rings. The van der Waals surface area contributed by atoms with E-state index >= 15 is 0 Å². The molecule has 1 aromatic rings. The largest absolute Gasteiger partial charge is 0.376 e. The molecule has 0 bridgehead atoms. The Kier molecular flexibility index (Phi) is 4.84. The average Bonchev–Trinajstić information content (AvgIpc) is 2.88. The molecule has 1 atom stereocenters. The molecular formula is C14H21ClN2O. The molecule has 1 fully saturated rings. The number of halogens is 1. The van der Waals surface area contributed by atoms with Crippen molar-refractivity contribution in [3.05, 3.63) is 23.5 Å². The van der Waals surface area contributed by atoms with Gasteiger partial charge in [-0.15, -0.1) is 11.6 Å². The van der Waals surface area contributed by atoms with Crippen molar-refractivity contribution in [2.24, 2.45) is 0 Å². The van der Waals surface area contributed by atoms with Crippen molar-refractivity contribution in [1.82, 2.24) is 4.98 Å². The fourth-order valence-corrected chi connectivity index (χ4v) is 2.61. The minimum absolute atomic E-state index is 0.363. The third kappa shape index (κ3) is 3.15. The van der Waals surface area contributed by atoms with Crippen molar-refractivity contribution in [1.29, 1.82) is 0 Å². The minimum atomic E-state index is 0.363. The topological polar surface area (TPSA) is 25.4 Å². The molecule has 2 rings (SSSR count). The van der Waals surface area contributed by atoms with E-state index in [1.54, 1.807) is 0 Å². The molecule has 0 N–H and O–H groups in total. The number of aryl methyl sites for hydroxylation is 1. The molecule has 18 heavy (non-hydrogen) atoms. The quantitative estimate of drug-likeness (QED) is 0.767. The summed E-state index contributed by atoms with van der Waals surface area (Å²) in [7, 11) is 0. The van der Waals surface area contributed by atoms with Crippen LogP contribution in [0.25, 0.3) is 0 Å². The lowest BCUT2D eigenvalue weighted by Gasteiger charge is -2.28. The molecule has 0 aromatic carbocycles. The van der Waals surface area contributed by atoms with Crippen molar-refractivity contribution < 1.29 is 4.74 Å². The summed E-state index contributed by atoms with van der Waals surface area (Å²) in [4.78, 5) is 6.67. The number of nitrogens with zero attached hydrogens (tertiary/aromatic N) is 2. The van der Waals surface area contributed by atoms with Crippen LogP contribution in [0.15, 0.2) is 12.3 Å². The highest BCUT2D eigenvalue weighted by molar-refractivity contribution is 6.17. The van der Waals surface area contributed by atoms with Crippen LogP contribution in [0.4, 0.5) is 5.69 Å². The van der Waals surface area contributed by atoms with Crippen LogP contribution in [0.3, 0.4) is 0 Å². The highest BCUT2D eigenvalue weighted by atomic mass is 35.5. The van der Waals surface area contributed by atoms with Gasteiger partial charge < -0.3 is 9.64 Å². The molecule has 0 spiro atoms. The van der Waals surface area contributed by atoms with Gasteiger partial charge in [-0.1, -0.05) is 0 Å². The maximum absolute atomic E-state index is 6.00. The van der Waals surface area contributed by atoms with Gasteiger partial charge in [-0.05, 0) is 32.8 Å². The predicted molar refractivity (Wildman–Crippen MR) is 75.4 cm³/mol. The van der Waals surface area contributed by atoms with Gasteiger partial charge >= 0.3 is 0 Å². The maximum Gasteiger partial charge on any atom is 0.0750 e. The second-order valence-corrected chi connectivity index (χ2v) is 5.03. The standard InChI is InChI=1S/C14H21ClN2O/c1-3-17(10-13-5-4-6-18-13)14-7-11(2)16-9-12(14)8-15/h7,9,13H,3-6,8,10H2,1-2H3. The molecule has 1 aromatic heterocycles. The number of anilines is 1. The number of hydrogen-bond acceptors (Lipinski definition) is 3. The number of hydrogen-bond donors (Lipinski definition) is 0. The lowest BCUT2D eigenvalue weighted by Crippen LogP contribution is -2.32. The van der Waals surface area contributed by atoms with Crippen molar-refractivity contribution in [3.63, 3.8) is 0 Å². The second-order valence-electron chi connectivity index (χ2n) is 4.76. The maximum atomic E-state index is 6.00. The van der Waals surface area contributed by atoms with Gasteiger partial charge in [0.15, 0.2) is 0 Å². The fraction of sp³-hybridized carbons (Fsp3) is 0.643. The SMILES string of the molecule is CCN(CC1CCCO1)c1cc(C)ncc1CCl. The number of ether oxygens (including phenoxy) is 1. The summed E-state index contributed by atoms with van der Waals surface area (Å²) in [6.45, 7) is 7.00. The van der Waals surface area contributed by atoms with Crippen LogP contribution in [0.2, 0.25) is 0 Å². The predicted octanol–water partition coefficient (Wildman–Crippen LogP) is 3.13. The lowest BCUT2D eigenvalue weighted by molar-refractivity contribution is 0.115. The smallest absolute Gasteiger partial charge is 0.0750 e. The molecule has 0 radical (unpaired) electrons. The van der Waals surface area contributed by atoms with Gasteiger partial charge in [0.1, 0.15) is 0 Å². The van der Waals surface area contributed by atoms with Crippen LogP contribution in [0.5, 0.6) is 0 Å². The second kappa shape index (κ2) is 6.39. The van der Waals surface area contributed by atoms with Crippen LogP contribution < -0.4 is 4.90 Å². The Hall–Kier alpha value is -0.800. The van der Waals surface area contributed by atoms with Gasteiger partial charge in [0, 0.05) is 42.8 Å². The van der Waals surface area contributed by atoms with E-state index in [0.29, 0.717) is 12.0 Å². The summed E-state index contributed by atoms with van der Waals surface area (Å²) >= 11 is 6.00. The summed E-state index contributed by atoms with van der Waals surface area (Å²) in [5.41, 5.74) is 3.34. The Bertz CT molecular complexity index is 391. The molecule has 0 amide bonds. The Labute approximate surface area is 114 Å². The monoisotopic (exact) mass is 268 g/mol. The molecule has 1 aliphatic heterocycles. The van der Waals surface area contributed by atoms with E-state index in [1.165, 1.54) is 12.1 Å². The first kappa shape index (κ1) is 13.6. The highest BCUT2D eigenvalue weighted by Crippen LogP contribution is 2.24. The van der Waals surface area contributed by atoms with Gasteiger partial charge in [-0.2, -0.15) is 0 Å². The Balaban J connectivity index is 2.17. The summed E-state index contributed by atoms with van der Waals surface area (Å²) < 4.78 is 5.72. The summed E-state index contributed by atoms with van der Waals surface area (Å²) in [5.74, 6) is 0.505. The first-order valence-corrected chi connectivity index (χ1v) is 7.16. The molecule has 100 valence electrons. The van der Waals surface area contributed by atoms with E-state index < -0.39 is 0 Å². The zero-order chi connectivity index (χ0) is 13.0. The first-order chi connectivity index (χ1) is 8.74. The molecule has 2 heterocycles. The van der Waals surface area contributed by atoms with Gasteiger partial charge in [0.2, 0.25) is 0 Å². The minimum Gasteiger partial charge on any atom is -0.376 e. The molecule has 3 nitrogen and oxygen atoms in total. The van der Waals surface area contributed by atoms with E-state index in [9.17, 15) is 0 Å². The van der Waals surface area contributed by atoms with Crippen LogP contribution in [-0.4, -0.2) is 30.8 Å². The number of rotatable bonds is 5. The van der Waals surface area contributed by atoms with E-state index in [0.717, 1.165) is 37.4 Å². The van der Waals surface area contributed by atoms with Crippen molar-refractivity contribution in [2.45, 2.75) is 38.7 Å². The highest BCUT2D eigenvalue weighted by Gasteiger charge is 2.20. The van der Waals surface area contributed by atoms with Crippen molar-refractivity contribution in [3.8, 4) is 0 Å². The van der Waals surface area contributed by atoms with Gasteiger partial charge in [0.25, 0.3) is 0 Å². The van der Waals surface area contributed by atoms with E-state index in [2.05, 4.69) is 22.9 Å². The van der Waals surface area contributed by atoms with Crippen LogP contribution in [0, 0.1) is 6.92 Å². The zero-order valence-corrected chi connectivity index (χ0v) is 11.9. The summed E-state index contributed by atoms with van der Waals surface area (Å²) in [5, 5.41) is 0. The van der Waals surface area contributed by atoms with Crippen LogP contribution in [-0.2, 0) is 10.6 Å². The first-order valence-electron chi connectivity index (χ1n) is 6.62. The Morgan fingerprint density at radius 3 is 3.00 bits per heavy atom. The normalized spacial score (nSPS) is 19.2. The molecule has 0 saturated carbocycles. The van der Waals surface area contributed by atoms with Gasteiger partial charge in [0.05, 0.1) is 12.0 Å². The third-order valence-corrected chi connectivity index (χ3v) is 3.70. The number of aromatic nitrogens is 1. The molecular weight excluding hydrogens is 248 g/mol. The molecule has 4 heteroatoms. The fourth-order valence-electron chi connectivity index (χ4n) is 2.40.